The van der Waals surface area contributed by atoms with Crippen LogP contribution in [0.3, 0.4) is 0 Å². The van der Waals surface area contributed by atoms with Gasteiger partial charge in [0.15, 0.2) is 11.5 Å². The van der Waals surface area contributed by atoms with Crippen LogP contribution in [0.25, 0.3) is 0 Å². The fraction of sp³-hybridized carbons (Fsp3) is 0.500. The molecule has 1 unspecified atom stereocenters. The minimum atomic E-state index is 0.168. The summed E-state index contributed by atoms with van der Waals surface area (Å²) in [7, 11) is 0. The third-order valence-corrected chi connectivity index (χ3v) is 1.98. The van der Waals surface area contributed by atoms with Crippen molar-refractivity contribution >= 4 is 5.82 Å². The first-order valence-corrected chi connectivity index (χ1v) is 4.86. The normalized spacial score (nSPS) is 11.8. The first kappa shape index (κ1) is 11.4. The molecule has 0 saturated heterocycles. The van der Waals surface area contributed by atoms with Crippen molar-refractivity contribution in [1.29, 1.82) is 5.26 Å². The molecule has 1 heterocycles. The van der Waals surface area contributed by atoms with Gasteiger partial charge in [0.05, 0.1) is 0 Å². The second-order valence-corrected chi connectivity index (χ2v) is 3.28. The highest BCUT2D eigenvalue weighted by molar-refractivity contribution is 5.47. The van der Waals surface area contributed by atoms with Gasteiger partial charge in [0, 0.05) is 25.0 Å². The maximum atomic E-state index is 8.77. The second-order valence-electron chi connectivity index (χ2n) is 3.28. The summed E-state index contributed by atoms with van der Waals surface area (Å²) < 4.78 is 0. The molecule has 1 atom stereocenters. The van der Waals surface area contributed by atoms with E-state index in [0.717, 1.165) is 12.8 Å². The van der Waals surface area contributed by atoms with Crippen molar-refractivity contribution in [2.24, 2.45) is 0 Å². The summed E-state index contributed by atoms with van der Waals surface area (Å²) in [6.07, 6.45) is 4.60. The minimum Gasteiger partial charge on any atom is -0.396 e. The molecule has 0 aliphatic carbocycles. The summed E-state index contributed by atoms with van der Waals surface area (Å²) in [5.41, 5.74) is 0.299. The van der Waals surface area contributed by atoms with Crippen molar-refractivity contribution in [3.63, 3.8) is 0 Å². The van der Waals surface area contributed by atoms with E-state index in [1.807, 2.05) is 13.0 Å². The van der Waals surface area contributed by atoms with E-state index in [1.165, 1.54) is 6.20 Å². The lowest BCUT2D eigenvalue weighted by Crippen LogP contribution is -2.17. The van der Waals surface area contributed by atoms with Gasteiger partial charge in [-0.25, -0.2) is 9.97 Å². The van der Waals surface area contributed by atoms with E-state index < -0.39 is 0 Å². The lowest BCUT2D eigenvalue weighted by atomic mass is 10.2. The number of aliphatic hydroxyl groups excluding tert-OH is 1. The van der Waals surface area contributed by atoms with Crippen LogP contribution < -0.4 is 5.32 Å². The zero-order valence-electron chi connectivity index (χ0n) is 8.64. The van der Waals surface area contributed by atoms with Crippen LogP contribution in [0.4, 0.5) is 5.82 Å². The molecule has 0 fully saturated rings. The number of hydrogen-bond donors (Lipinski definition) is 2. The van der Waals surface area contributed by atoms with Crippen molar-refractivity contribution in [2.75, 3.05) is 11.9 Å². The molecule has 5 nitrogen and oxygen atoms in total. The zero-order valence-corrected chi connectivity index (χ0v) is 8.64. The standard InChI is InChI=1S/C10H14N4O/c1-8(3-2-6-15)14-10-9(7-11)12-4-5-13-10/h4-5,8,15H,2-3,6H2,1H3,(H,13,14). The van der Waals surface area contributed by atoms with Crippen LogP contribution in [0.2, 0.25) is 0 Å². The third-order valence-electron chi connectivity index (χ3n) is 1.98. The Balaban J connectivity index is 2.60. The number of aromatic nitrogens is 2. The Morgan fingerprint density at radius 1 is 1.53 bits per heavy atom. The van der Waals surface area contributed by atoms with E-state index in [0.29, 0.717) is 11.5 Å². The molecule has 0 spiro atoms. The molecule has 1 aromatic heterocycles. The van der Waals surface area contributed by atoms with Gasteiger partial charge >= 0.3 is 0 Å². The molecule has 0 radical (unpaired) electrons. The fourth-order valence-electron chi connectivity index (χ4n) is 1.23. The zero-order chi connectivity index (χ0) is 11.1. The van der Waals surface area contributed by atoms with Crippen molar-refractivity contribution in [3.8, 4) is 6.07 Å². The van der Waals surface area contributed by atoms with Gasteiger partial charge in [0.2, 0.25) is 0 Å². The molecule has 1 aromatic rings. The molecule has 0 bridgehead atoms. The quantitative estimate of drug-likeness (QED) is 0.748. The highest BCUT2D eigenvalue weighted by Gasteiger charge is 2.07. The number of aliphatic hydroxyl groups is 1. The molecular formula is C10H14N4O. The average molecular weight is 206 g/mol. The number of hydrogen-bond acceptors (Lipinski definition) is 5. The Morgan fingerprint density at radius 2 is 2.27 bits per heavy atom. The molecular weight excluding hydrogens is 192 g/mol. The van der Waals surface area contributed by atoms with E-state index in [4.69, 9.17) is 10.4 Å². The molecule has 80 valence electrons. The molecule has 1 rings (SSSR count). The van der Waals surface area contributed by atoms with E-state index in [1.54, 1.807) is 6.20 Å². The van der Waals surface area contributed by atoms with E-state index in [9.17, 15) is 0 Å². The predicted octanol–water partition coefficient (Wildman–Crippen LogP) is 0.921. The van der Waals surface area contributed by atoms with Crippen molar-refractivity contribution in [2.45, 2.75) is 25.8 Å². The summed E-state index contributed by atoms with van der Waals surface area (Å²) in [5, 5.41) is 20.5. The molecule has 2 N–H and O–H groups in total. The smallest absolute Gasteiger partial charge is 0.182 e. The molecule has 5 heteroatoms. The van der Waals surface area contributed by atoms with Crippen molar-refractivity contribution < 1.29 is 5.11 Å². The van der Waals surface area contributed by atoms with Gasteiger partial charge in [-0.3, -0.25) is 0 Å². The maximum absolute atomic E-state index is 8.77. The van der Waals surface area contributed by atoms with Crippen LogP contribution in [0.15, 0.2) is 12.4 Å². The summed E-state index contributed by atoms with van der Waals surface area (Å²) in [6.45, 7) is 2.16. The van der Waals surface area contributed by atoms with Gasteiger partial charge < -0.3 is 10.4 Å². The topological polar surface area (TPSA) is 81.8 Å². The lowest BCUT2D eigenvalue weighted by molar-refractivity contribution is 0.282. The minimum absolute atomic E-state index is 0.168. The van der Waals surface area contributed by atoms with E-state index in [-0.39, 0.29) is 12.6 Å². The predicted molar refractivity (Wildman–Crippen MR) is 56.2 cm³/mol. The van der Waals surface area contributed by atoms with Gasteiger partial charge in [-0.05, 0) is 19.8 Å². The number of nitriles is 1. The second kappa shape index (κ2) is 5.94. The molecule has 0 saturated carbocycles. The maximum Gasteiger partial charge on any atom is 0.182 e. The van der Waals surface area contributed by atoms with Gasteiger partial charge in [-0.1, -0.05) is 0 Å². The highest BCUT2D eigenvalue weighted by atomic mass is 16.2. The number of anilines is 1. The van der Waals surface area contributed by atoms with Crippen LogP contribution in [-0.2, 0) is 0 Å². The summed E-state index contributed by atoms with van der Waals surface area (Å²) in [6, 6.07) is 2.14. The Bertz CT molecular complexity index is 348. The van der Waals surface area contributed by atoms with Crippen molar-refractivity contribution in [3.05, 3.63) is 18.1 Å². The summed E-state index contributed by atoms with van der Waals surface area (Å²) in [4.78, 5) is 7.93. The molecule has 0 amide bonds. The average Bonchev–Trinajstić information content (AvgIpc) is 2.27. The Kier molecular flexibility index (Phi) is 4.51. The van der Waals surface area contributed by atoms with Crippen LogP contribution in [-0.4, -0.2) is 27.7 Å². The monoisotopic (exact) mass is 206 g/mol. The SMILES string of the molecule is CC(CCCO)Nc1nccnc1C#N. The largest absolute Gasteiger partial charge is 0.396 e. The first-order chi connectivity index (χ1) is 7.27. The Morgan fingerprint density at radius 3 is 2.93 bits per heavy atom. The van der Waals surface area contributed by atoms with Gasteiger partial charge in [-0.2, -0.15) is 5.26 Å². The third kappa shape index (κ3) is 3.52. The van der Waals surface area contributed by atoms with Crippen LogP contribution in [0.5, 0.6) is 0 Å². The van der Waals surface area contributed by atoms with E-state index >= 15 is 0 Å². The van der Waals surface area contributed by atoms with Gasteiger partial charge in [-0.15, -0.1) is 0 Å². The molecule has 0 aliphatic rings. The summed E-state index contributed by atoms with van der Waals surface area (Å²) >= 11 is 0. The molecule has 0 aromatic carbocycles. The van der Waals surface area contributed by atoms with Crippen LogP contribution >= 0.6 is 0 Å². The number of nitrogens with zero attached hydrogens (tertiary/aromatic N) is 3. The van der Waals surface area contributed by atoms with Gasteiger partial charge in [0.25, 0.3) is 0 Å². The Labute approximate surface area is 88.8 Å². The lowest BCUT2D eigenvalue weighted by Gasteiger charge is -2.13. The first-order valence-electron chi connectivity index (χ1n) is 4.86. The van der Waals surface area contributed by atoms with Crippen molar-refractivity contribution in [1.82, 2.24) is 9.97 Å². The van der Waals surface area contributed by atoms with E-state index in [2.05, 4.69) is 15.3 Å². The molecule has 15 heavy (non-hydrogen) atoms. The molecule has 0 aliphatic heterocycles. The number of nitrogens with one attached hydrogen (secondary N) is 1. The highest BCUT2D eigenvalue weighted by Crippen LogP contribution is 2.10. The van der Waals surface area contributed by atoms with Crippen LogP contribution in [0, 0.1) is 11.3 Å². The van der Waals surface area contributed by atoms with Gasteiger partial charge in [0.1, 0.15) is 6.07 Å². The summed E-state index contributed by atoms with van der Waals surface area (Å²) in [5.74, 6) is 0.505. The van der Waals surface area contributed by atoms with Crippen LogP contribution in [0.1, 0.15) is 25.5 Å². The fourth-order valence-corrected chi connectivity index (χ4v) is 1.23. The number of rotatable bonds is 5. The Hall–Kier alpha value is -1.67.